The molecule has 3 heterocycles. The minimum absolute atomic E-state index is 0.0168. The van der Waals surface area contributed by atoms with E-state index < -0.39 is 23.4 Å². The molecule has 2 aromatic heterocycles. The number of nitrogens with two attached hydrogens (primary N) is 1. The van der Waals surface area contributed by atoms with Gasteiger partial charge in [0, 0.05) is 36.1 Å². The number of nitrogens with zero attached hydrogens (tertiary/aromatic N) is 4. The molecule has 0 bridgehead atoms. The van der Waals surface area contributed by atoms with Crippen LogP contribution < -0.4 is 16.0 Å². The van der Waals surface area contributed by atoms with Crippen molar-refractivity contribution in [2.24, 2.45) is 10.7 Å². The molecule has 3 N–H and O–H groups in total. The van der Waals surface area contributed by atoms with E-state index in [1.54, 1.807) is 24.3 Å². The van der Waals surface area contributed by atoms with Crippen molar-refractivity contribution in [2.75, 3.05) is 16.8 Å². The Hall–Kier alpha value is -3.99. The smallest absolute Gasteiger partial charge is 0.404 e. The number of amides is 2. The number of alkyl halides is 3. The topological polar surface area (TPSA) is 114 Å². The first-order valence-electron chi connectivity index (χ1n) is 10.4. The number of hydrogen-bond acceptors (Lipinski definition) is 6. The van der Waals surface area contributed by atoms with Crippen LogP contribution in [0, 0.1) is 0 Å². The van der Waals surface area contributed by atoms with Crippen LogP contribution >= 0.6 is 11.6 Å². The Morgan fingerprint density at radius 1 is 1.23 bits per heavy atom. The highest BCUT2D eigenvalue weighted by Crippen LogP contribution is 2.32. The molecule has 12 heteroatoms. The number of anilines is 2. The number of nitrogens with one attached hydrogen (secondary N) is 1. The Bertz CT molecular complexity index is 1370. The molecule has 180 valence electrons. The van der Waals surface area contributed by atoms with Crippen LogP contribution in [-0.4, -0.2) is 40.2 Å². The zero-order valence-corrected chi connectivity index (χ0v) is 18.8. The number of hydrogen-bond donors (Lipinski definition) is 2. The Morgan fingerprint density at radius 2 is 2.00 bits per heavy atom. The van der Waals surface area contributed by atoms with Gasteiger partial charge >= 0.3 is 6.18 Å². The number of fused-ring (bicyclic) bond motifs is 1. The summed E-state index contributed by atoms with van der Waals surface area (Å²) in [6.45, 7) is 0.450. The number of rotatable bonds is 5. The van der Waals surface area contributed by atoms with E-state index in [4.69, 9.17) is 17.3 Å². The molecule has 2 amide bonds. The minimum atomic E-state index is -5.00. The fourth-order valence-electron chi connectivity index (χ4n) is 3.62. The second kappa shape index (κ2) is 9.71. The third-order valence-electron chi connectivity index (χ3n) is 5.22. The number of aliphatic imine (C=N–C) groups is 1. The van der Waals surface area contributed by atoms with Gasteiger partial charge in [-0.25, -0.2) is 9.98 Å². The maximum Gasteiger partial charge on any atom is 0.434 e. The SMILES string of the molecule is NC=C(C(=O)Nc1cnc(N2CCCC2=O)c(Cl)c1)C(=Nc1cncc2ccccc12)C(F)(F)F. The quantitative estimate of drug-likeness (QED) is 0.393. The minimum Gasteiger partial charge on any atom is -0.404 e. The molecule has 1 aromatic carbocycles. The lowest BCUT2D eigenvalue weighted by Crippen LogP contribution is -2.32. The second-order valence-corrected chi connectivity index (χ2v) is 7.96. The number of carbonyl (C=O) groups excluding carboxylic acids is 2. The van der Waals surface area contributed by atoms with Gasteiger partial charge in [-0.1, -0.05) is 35.9 Å². The molecule has 0 aliphatic carbocycles. The molecule has 1 fully saturated rings. The number of benzene rings is 1. The van der Waals surface area contributed by atoms with Crippen LogP contribution in [0.5, 0.6) is 0 Å². The lowest BCUT2D eigenvalue weighted by atomic mass is 10.1. The number of carbonyl (C=O) groups is 2. The summed E-state index contributed by atoms with van der Waals surface area (Å²) in [4.78, 5) is 37.9. The summed E-state index contributed by atoms with van der Waals surface area (Å²) in [6, 6.07) is 7.93. The highest BCUT2D eigenvalue weighted by Gasteiger charge is 2.41. The standard InChI is InChI=1S/C23H18ClF3N6O2/c24-17-8-14(11-30-21(17)33-7-3-6-19(33)34)31-22(35)16(9-28)20(23(25,26)27)32-18-12-29-10-13-4-1-2-5-15(13)18/h1-2,4-5,8-12H,3,6-7,28H2,(H,31,35). The van der Waals surface area contributed by atoms with Crippen LogP contribution in [0.3, 0.4) is 0 Å². The van der Waals surface area contributed by atoms with Crippen molar-refractivity contribution in [3.63, 3.8) is 0 Å². The average Bonchev–Trinajstić information content (AvgIpc) is 3.24. The molecule has 0 saturated carbocycles. The lowest BCUT2D eigenvalue weighted by Gasteiger charge is -2.17. The molecule has 1 aliphatic rings. The van der Waals surface area contributed by atoms with Crippen LogP contribution in [0.4, 0.5) is 30.4 Å². The van der Waals surface area contributed by atoms with E-state index in [2.05, 4.69) is 20.3 Å². The summed E-state index contributed by atoms with van der Waals surface area (Å²) in [6.07, 6.45) is 0.407. The molecule has 0 spiro atoms. The second-order valence-electron chi connectivity index (χ2n) is 7.55. The van der Waals surface area contributed by atoms with Crippen molar-refractivity contribution in [1.82, 2.24) is 9.97 Å². The van der Waals surface area contributed by atoms with Gasteiger partial charge in [0.05, 0.1) is 34.4 Å². The van der Waals surface area contributed by atoms with Gasteiger partial charge < -0.3 is 11.1 Å². The zero-order chi connectivity index (χ0) is 25.2. The molecule has 0 radical (unpaired) electrons. The fourth-order valence-corrected chi connectivity index (χ4v) is 3.89. The maximum atomic E-state index is 14.0. The van der Waals surface area contributed by atoms with Gasteiger partial charge in [-0.05, 0) is 12.5 Å². The highest BCUT2D eigenvalue weighted by molar-refractivity contribution is 6.34. The summed E-state index contributed by atoms with van der Waals surface area (Å²) in [5.41, 5.74) is 2.98. The van der Waals surface area contributed by atoms with Crippen LogP contribution in [0.15, 0.2) is 65.7 Å². The van der Waals surface area contributed by atoms with Gasteiger partial charge in [-0.15, -0.1) is 0 Å². The Labute approximate surface area is 202 Å². The van der Waals surface area contributed by atoms with E-state index in [1.165, 1.54) is 29.6 Å². The van der Waals surface area contributed by atoms with E-state index in [1.807, 2.05) is 0 Å². The Morgan fingerprint density at radius 3 is 2.66 bits per heavy atom. The first-order valence-corrected chi connectivity index (χ1v) is 10.7. The van der Waals surface area contributed by atoms with Gasteiger partial charge in [-0.3, -0.25) is 19.5 Å². The summed E-state index contributed by atoms with van der Waals surface area (Å²) in [5.74, 6) is -1.10. The molecule has 4 rings (SSSR count). The monoisotopic (exact) mass is 502 g/mol. The van der Waals surface area contributed by atoms with Gasteiger partial charge in [0.15, 0.2) is 11.5 Å². The van der Waals surface area contributed by atoms with Crippen LogP contribution in [-0.2, 0) is 9.59 Å². The average molecular weight is 503 g/mol. The normalized spacial score (nSPS) is 15.1. The third kappa shape index (κ3) is 5.09. The van der Waals surface area contributed by atoms with Crippen LogP contribution in [0.1, 0.15) is 12.8 Å². The van der Waals surface area contributed by atoms with Crippen molar-refractivity contribution in [2.45, 2.75) is 19.0 Å². The van der Waals surface area contributed by atoms with E-state index in [-0.39, 0.29) is 28.1 Å². The Kier molecular flexibility index (Phi) is 6.70. The highest BCUT2D eigenvalue weighted by atomic mass is 35.5. The van der Waals surface area contributed by atoms with Crippen molar-refractivity contribution in [3.05, 3.63) is 65.7 Å². The van der Waals surface area contributed by atoms with E-state index >= 15 is 0 Å². The van der Waals surface area contributed by atoms with Gasteiger partial charge in [0.25, 0.3) is 5.91 Å². The van der Waals surface area contributed by atoms with E-state index in [9.17, 15) is 22.8 Å². The van der Waals surface area contributed by atoms with Crippen molar-refractivity contribution < 1.29 is 22.8 Å². The van der Waals surface area contributed by atoms with Crippen LogP contribution in [0.25, 0.3) is 10.8 Å². The molecular weight excluding hydrogens is 485 g/mol. The summed E-state index contributed by atoms with van der Waals surface area (Å²) < 4.78 is 41.9. The predicted molar refractivity (Wildman–Crippen MR) is 127 cm³/mol. The van der Waals surface area contributed by atoms with Gasteiger partial charge in [-0.2, -0.15) is 13.2 Å². The summed E-state index contributed by atoms with van der Waals surface area (Å²) in [5, 5.41) is 3.36. The third-order valence-corrected chi connectivity index (χ3v) is 5.50. The molecule has 35 heavy (non-hydrogen) atoms. The molecule has 3 aromatic rings. The molecule has 8 nitrogen and oxygen atoms in total. The largest absolute Gasteiger partial charge is 0.434 e. The molecule has 1 aliphatic heterocycles. The van der Waals surface area contributed by atoms with Crippen molar-refractivity contribution in [1.29, 1.82) is 0 Å². The number of halogens is 4. The van der Waals surface area contributed by atoms with Crippen LogP contribution in [0.2, 0.25) is 5.02 Å². The first-order chi connectivity index (χ1) is 16.7. The molecular formula is C23H18ClF3N6O2. The molecule has 0 unspecified atom stereocenters. The zero-order valence-electron chi connectivity index (χ0n) is 18.0. The van der Waals surface area contributed by atoms with E-state index in [0.29, 0.717) is 36.4 Å². The summed E-state index contributed by atoms with van der Waals surface area (Å²) >= 11 is 6.21. The number of pyridine rings is 2. The Balaban J connectivity index is 1.65. The van der Waals surface area contributed by atoms with Gasteiger partial charge in [0.2, 0.25) is 5.91 Å². The van der Waals surface area contributed by atoms with Gasteiger partial charge in [0.1, 0.15) is 0 Å². The van der Waals surface area contributed by atoms with E-state index in [0.717, 1.165) is 0 Å². The fraction of sp³-hybridized carbons (Fsp3) is 0.174. The summed E-state index contributed by atoms with van der Waals surface area (Å²) in [7, 11) is 0. The first kappa shape index (κ1) is 24.1. The predicted octanol–water partition coefficient (Wildman–Crippen LogP) is 4.53. The molecule has 0 atom stereocenters. The lowest BCUT2D eigenvalue weighted by molar-refractivity contribution is -0.117. The number of aromatic nitrogens is 2. The van der Waals surface area contributed by atoms with Crippen molar-refractivity contribution >= 4 is 57.1 Å². The maximum absolute atomic E-state index is 14.0. The van der Waals surface area contributed by atoms with Crippen molar-refractivity contribution in [3.8, 4) is 0 Å². The molecule has 1 saturated heterocycles.